The first-order valence-corrected chi connectivity index (χ1v) is 9.68. The first kappa shape index (κ1) is 19.3. The van der Waals surface area contributed by atoms with Crippen LogP contribution in [0, 0.1) is 0 Å². The van der Waals surface area contributed by atoms with Crippen molar-refractivity contribution in [3.63, 3.8) is 0 Å². The highest BCUT2D eigenvalue weighted by Gasteiger charge is 2.13. The van der Waals surface area contributed by atoms with E-state index in [4.69, 9.17) is 4.74 Å². The molecule has 1 N–H and O–H groups in total. The number of esters is 1. The minimum absolute atomic E-state index is 0.197. The number of carbonyl (C=O) groups is 2. The molecule has 0 radical (unpaired) electrons. The number of aromatic nitrogens is 1. The number of rotatable bonds is 5. The Balaban J connectivity index is 1.60. The van der Waals surface area contributed by atoms with Gasteiger partial charge in [0, 0.05) is 22.8 Å². The minimum Gasteiger partial charge on any atom is -0.462 e. The van der Waals surface area contributed by atoms with Gasteiger partial charge in [0.1, 0.15) is 0 Å². The highest BCUT2D eigenvalue weighted by Crippen LogP contribution is 2.25. The van der Waals surface area contributed by atoms with Gasteiger partial charge in [-0.3, -0.25) is 9.78 Å². The van der Waals surface area contributed by atoms with Crippen molar-refractivity contribution < 1.29 is 14.3 Å². The Kier molecular flexibility index (Phi) is 5.52. The average Bonchev–Trinajstić information content (AvgIpc) is 2.79. The second-order valence-corrected chi connectivity index (χ2v) is 6.72. The van der Waals surface area contributed by atoms with Crippen LogP contribution in [0.5, 0.6) is 0 Å². The lowest BCUT2D eigenvalue weighted by Gasteiger charge is -2.11. The van der Waals surface area contributed by atoms with Crippen molar-refractivity contribution in [2.24, 2.45) is 0 Å². The van der Waals surface area contributed by atoms with E-state index in [1.54, 1.807) is 25.1 Å². The number of fused-ring (bicyclic) bond motifs is 1. The predicted octanol–water partition coefficient (Wildman–Crippen LogP) is 5.33. The maximum atomic E-state index is 13.0. The van der Waals surface area contributed by atoms with E-state index >= 15 is 0 Å². The van der Waals surface area contributed by atoms with Gasteiger partial charge in [-0.25, -0.2) is 4.79 Å². The van der Waals surface area contributed by atoms with Gasteiger partial charge in [0.05, 0.1) is 17.7 Å². The Morgan fingerprint density at radius 2 is 1.70 bits per heavy atom. The zero-order valence-corrected chi connectivity index (χ0v) is 16.5. The van der Waals surface area contributed by atoms with Crippen molar-refractivity contribution in [3.8, 4) is 11.1 Å². The summed E-state index contributed by atoms with van der Waals surface area (Å²) in [5.74, 6) is -0.598. The van der Waals surface area contributed by atoms with Crippen molar-refractivity contribution in [1.29, 1.82) is 0 Å². The van der Waals surface area contributed by atoms with Crippen molar-refractivity contribution in [1.82, 2.24) is 4.98 Å². The lowest BCUT2D eigenvalue weighted by atomic mass is 9.99. The van der Waals surface area contributed by atoms with Crippen LogP contribution in [0.3, 0.4) is 0 Å². The van der Waals surface area contributed by atoms with E-state index in [9.17, 15) is 9.59 Å². The second-order valence-electron chi connectivity index (χ2n) is 6.72. The third kappa shape index (κ3) is 4.05. The Bertz CT molecular complexity index is 1220. The summed E-state index contributed by atoms with van der Waals surface area (Å²) >= 11 is 0. The zero-order valence-electron chi connectivity index (χ0n) is 16.5. The third-order valence-corrected chi connectivity index (χ3v) is 4.71. The van der Waals surface area contributed by atoms with E-state index in [-0.39, 0.29) is 5.91 Å². The highest BCUT2D eigenvalue weighted by atomic mass is 16.5. The second kappa shape index (κ2) is 8.57. The van der Waals surface area contributed by atoms with Crippen LogP contribution in [0.25, 0.3) is 22.0 Å². The molecular formula is C25H20N2O3. The van der Waals surface area contributed by atoms with Gasteiger partial charge in [-0.05, 0) is 42.3 Å². The van der Waals surface area contributed by atoms with Gasteiger partial charge in [0.15, 0.2) is 0 Å². The predicted molar refractivity (Wildman–Crippen MR) is 118 cm³/mol. The molecule has 0 aliphatic rings. The Morgan fingerprint density at radius 1 is 0.933 bits per heavy atom. The normalized spacial score (nSPS) is 10.6. The molecule has 0 spiro atoms. The topological polar surface area (TPSA) is 68.3 Å². The van der Waals surface area contributed by atoms with Crippen LogP contribution in [0.4, 0.5) is 5.69 Å². The molecule has 0 fully saturated rings. The first-order chi connectivity index (χ1) is 14.7. The summed E-state index contributed by atoms with van der Waals surface area (Å²) in [6, 6.07) is 24.4. The summed E-state index contributed by atoms with van der Waals surface area (Å²) in [6.45, 7) is 2.07. The van der Waals surface area contributed by atoms with Crippen molar-refractivity contribution in [2.45, 2.75) is 6.92 Å². The van der Waals surface area contributed by atoms with Crippen molar-refractivity contribution in [3.05, 3.63) is 96.2 Å². The van der Waals surface area contributed by atoms with E-state index in [1.165, 1.54) is 6.20 Å². The number of hydrogen-bond acceptors (Lipinski definition) is 4. The summed E-state index contributed by atoms with van der Waals surface area (Å²) in [7, 11) is 0. The largest absolute Gasteiger partial charge is 0.462 e. The maximum Gasteiger partial charge on any atom is 0.339 e. The lowest BCUT2D eigenvalue weighted by Crippen LogP contribution is -2.13. The van der Waals surface area contributed by atoms with E-state index in [0.717, 1.165) is 16.5 Å². The molecule has 0 saturated carbocycles. The van der Waals surface area contributed by atoms with Crippen LogP contribution in [-0.2, 0) is 4.74 Å². The number of nitrogens with zero attached hydrogens (tertiary/aromatic N) is 1. The fourth-order valence-corrected chi connectivity index (χ4v) is 3.27. The summed E-state index contributed by atoms with van der Waals surface area (Å²) in [6.07, 6.45) is 1.48. The molecule has 1 heterocycles. The van der Waals surface area contributed by atoms with Gasteiger partial charge >= 0.3 is 5.97 Å². The van der Waals surface area contributed by atoms with Gasteiger partial charge in [-0.15, -0.1) is 0 Å². The molecule has 0 saturated heterocycles. The smallest absolute Gasteiger partial charge is 0.339 e. The molecule has 5 heteroatoms. The molecule has 148 valence electrons. The summed E-state index contributed by atoms with van der Waals surface area (Å²) in [4.78, 5) is 29.2. The molecule has 0 unspecified atom stereocenters. The Morgan fingerprint density at radius 3 is 2.50 bits per heavy atom. The van der Waals surface area contributed by atoms with Gasteiger partial charge in [0.2, 0.25) is 0 Å². The molecule has 0 aliphatic heterocycles. The van der Waals surface area contributed by atoms with Crippen LogP contribution in [0.1, 0.15) is 27.6 Å². The quantitative estimate of drug-likeness (QED) is 0.463. The fraction of sp³-hybridized carbons (Fsp3) is 0.0800. The number of pyridine rings is 1. The number of nitrogens with one attached hydrogen (secondary N) is 1. The minimum atomic E-state index is -0.401. The van der Waals surface area contributed by atoms with Crippen molar-refractivity contribution >= 4 is 28.5 Å². The Hall–Kier alpha value is -3.99. The summed E-state index contributed by atoms with van der Waals surface area (Å²) < 4.78 is 5.01. The van der Waals surface area contributed by atoms with Crippen LogP contribution < -0.4 is 5.32 Å². The first-order valence-electron chi connectivity index (χ1n) is 9.68. The highest BCUT2D eigenvalue weighted by molar-refractivity contribution is 6.09. The Labute approximate surface area is 174 Å². The molecule has 0 bridgehead atoms. The fourth-order valence-electron chi connectivity index (χ4n) is 3.27. The van der Waals surface area contributed by atoms with Crippen LogP contribution in [0.15, 0.2) is 85.1 Å². The monoisotopic (exact) mass is 396 g/mol. The number of benzene rings is 3. The average molecular weight is 396 g/mol. The molecule has 30 heavy (non-hydrogen) atoms. The molecule has 4 rings (SSSR count). The SMILES string of the molecule is CCOC(=O)c1cnc2cc(NC(=O)c3ccccc3-c3ccccc3)ccc2c1. The number of hydrogen-bond donors (Lipinski definition) is 1. The number of anilines is 1. The number of ether oxygens (including phenoxy) is 1. The van der Waals surface area contributed by atoms with Gasteiger partial charge < -0.3 is 10.1 Å². The van der Waals surface area contributed by atoms with E-state index < -0.39 is 5.97 Å². The molecule has 0 aliphatic carbocycles. The van der Waals surface area contributed by atoms with Gasteiger partial charge in [0.25, 0.3) is 5.91 Å². The van der Waals surface area contributed by atoms with Gasteiger partial charge in [-0.1, -0.05) is 54.6 Å². The van der Waals surface area contributed by atoms with Crippen molar-refractivity contribution in [2.75, 3.05) is 11.9 Å². The van der Waals surface area contributed by atoms with E-state index in [0.29, 0.717) is 28.9 Å². The van der Waals surface area contributed by atoms with Gasteiger partial charge in [-0.2, -0.15) is 0 Å². The number of carbonyl (C=O) groups excluding carboxylic acids is 2. The lowest BCUT2D eigenvalue weighted by molar-refractivity contribution is 0.0526. The van der Waals surface area contributed by atoms with E-state index in [2.05, 4.69) is 10.3 Å². The summed E-state index contributed by atoms with van der Waals surface area (Å²) in [5.41, 5.74) is 4.15. The number of amides is 1. The zero-order chi connectivity index (χ0) is 20.9. The third-order valence-electron chi connectivity index (χ3n) is 4.71. The van der Waals surface area contributed by atoms with Crippen LogP contribution in [0.2, 0.25) is 0 Å². The maximum absolute atomic E-state index is 13.0. The summed E-state index contributed by atoms with van der Waals surface area (Å²) in [5, 5.41) is 3.74. The molecule has 4 aromatic rings. The standard InChI is InChI=1S/C25H20N2O3/c1-2-30-25(29)19-14-18-12-13-20(15-23(18)26-16-19)27-24(28)22-11-7-6-10-21(22)17-8-4-3-5-9-17/h3-16H,2H2,1H3,(H,27,28). The molecule has 3 aromatic carbocycles. The van der Waals surface area contributed by atoms with E-state index in [1.807, 2.05) is 60.7 Å². The molecule has 1 aromatic heterocycles. The molecule has 1 amide bonds. The van der Waals surface area contributed by atoms with Crippen LogP contribution >= 0.6 is 0 Å². The molecule has 5 nitrogen and oxygen atoms in total. The molecule has 0 atom stereocenters. The molecular weight excluding hydrogens is 376 g/mol. The van der Waals surface area contributed by atoms with Crippen LogP contribution in [-0.4, -0.2) is 23.5 Å².